The molecule has 0 spiro atoms. The highest BCUT2D eigenvalue weighted by molar-refractivity contribution is 5.85. The molecule has 0 aliphatic carbocycles. The summed E-state index contributed by atoms with van der Waals surface area (Å²) in [5, 5.41) is 0. The first-order valence-corrected chi connectivity index (χ1v) is 3.40. The lowest BCUT2D eigenvalue weighted by atomic mass is 9.97. The van der Waals surface area contributed by atoms with Gasteiger partial charge in [0.2, 0.25) is 0 Å². The molecule has 2 N–H and O–H groups in total. The van der Waals surface area contributed by atoms with Gasteiger partial charge in [-0.25, -0.2) is 0 Å². The molecular formula is C7H18ClNO. The number of methoxy groups -OCH3 is 1. The molecule has 0 aliphatic heterocycles. The quantitative estimate of drug-likeness (QED) is 0.690. The molecule has 0 saturated heterocycles. The Morgan fingerprint density at radius 2 is 2.00 bits per heavy atom. The maximum absolute atomic E-state index is 5.82. The van der Waals surface area contributed by atoms with Gasteiger partial charge in [0.25, 0.3) is 0 Å². The maximum atomic E-state index is 5.82. The third-order valence-electron chi connectivity index (χ3n) is 1.68. The zero-order valence-corrected chi connectivity index (χ0v) is 7.83. The molecule has 0 saturated carbocycles. The van der Waals surface area contributed by atoms with Crippen molar-refractivity contribution < 1.29 is 4.74 Å². The number of hydrogen-bond donors (Lipinski definition) is 1. The first-order chi connectivity index (χ1) is 4.12. The molecule has 0 heterocycles. The van der Waals surface area contributed by atoms with Crippen LogP contribution in [-0.4, -0.2) is 19.3 Å². The van der Waals surface area contributed by atoms with E-state index in [2.05, 4.69) is 6.92 Å². The lowest BCUT2D eigenvalue weighted by molar-refractivity contribution is 0.170. The fourth-order valence-electron chi connectivity index (χ4n) is 0.512. The van der Waals surface area contributed by atoms with Crippen LogP contribution in [0.3, 0.4) is 0 Å². The van der Waals surface area contributed by atoms with Crippen LogP contribution in [0.2, 0.25) is 0 Å². The summed E-state index contributed by atoms with van der Waals surface area (Å²) in [5.41, 5.74) is 5.79. The van der Waals surface area contributed by atoms with Gasteiger partial charge in [-0.15, -0.1) is 12.4 Å². The summed E-state index contributed by atoms with van der Waals surface area (Å²) in [6.45, 7) is 4.91. The third-order valence-corrected chi connectivity index (χ3v) is 1.68. The van der Waals surface area contributed by atoms with E-state index in [1.807, 2.05) is 6.92 Å². The maximum Gasteiger partial charge on any atom is 0.0479 e. The molecule has 0 aromatic heterocycles. The van der Waals surface area contributed by atoms with Gasteiger partial charge in [-0.2, -0.15) is 0 Å². The van der Waals surface area contributed by atoms with Gasteiger partial charge in [0, 0.05) is 19.3 Å². The number of halogens is 1. The molecule has 0 amide bonds. The topological polar surface area (TPSA) is 35.2 Å². The summed E-state index contributed by atoms with van der Waals surface area (Å²) in [6, 6.07) is 0. The molecule has 1 atom stereocenters. The standard InChI is InChI=1S/C7H17NO.ClH/c1-4-7(2,8)5-6-9-3;/h4-6,8H2,1-3H3;1H. The van der Waals surface area contributed by atoms with Crippen LogP contribution in [0.4, 0.5) is 0 Å². The zero-order chi connectivity index (χ0) is 7.33. The average Bonchev–Trinajstić information content (AvgIpc) is 1.84. The summed E-state index contributed by atoms with van der Waals surface area (Å²) in [6.07, 6.45) is 1.95. The van der Waals surface area contributed by atoms with E-state index < -0.39 is 0 Å². The van der Waals surface area contributed by atoms with E-state index in [1.54, 1.807) is 7.11 Å². The van der Waals surface area contributed by atoms with Crippen LogP contribution in [0.15, 0.2) is 0 Å². The molecule has 10 heavy (non-hydrogen) atoms. The molecule has 1 unspecified atom stereocenters. The second kappa shape index (κ2) is 5.96. The molecule has 0 radical (unpaired) electrons. The number of nitrogens with two attached hydrogens (primary N) is 1. The Balaban J connectivity index is 0. The van der Waals surface area contributed by atoms with Crippen molar-refractivity contribution in [3.8, 4) is 0 Å². The van der Waals surface area contributed by atoms with Crippen molar-refractivity contribution in [2.75, 3.05) is 13.7 Å². The minimum atomic E-state index is -0.0317. The Morgan fingerprint density at radius 1 is 1.50 bits per heavy atom. The Hall–Kier alpha value is 0.210. The smallest absolute Gasteiger partial charge is 0.0479 e. The Kier molecular flexibility index (Phi) is 7.65. The van der Waals surface area contributed by atoms with Gasteiger partial charge in [-0.3, -0.25) is 0 Å². The lowest BCUT2D eigenvalue weighted by Crippen LogP contribution is -2.36. The molecule has 0 fully saturated rings. The van der Waals surface area contributed by atoms with E-state index in [0.717, 1.165) is 19.4 Å². The van der Waals surface area contributed by atoms with Crippen LogP contribution >= 0.6 is 12.4 Å². The number of rotatable bonds is 4. The van der Waals surface area contributed by atoms with Crippen molar-refractivity contribution in [3.05, 3.63) is 0 Å². The van der Waals surface area contributed by atoms with Crippen molar-refractivity contribution in [2.24, 2.45) is 5.73 Å². The van der Waals surface area contributed by atoms with E-state index in [4.69, 9.17) is 10.5 Å². The fraction of sp³-hybridized carbons (Fsp3) is 1.00. The average molecular weight is 168 g/mol. The van der Waals surface area contributed by atoms with Gasteiger partial charge in [-0.05, 0) is 19.8 Å². The van der Waals surface area contributed by atoms with Crippen LogP contribution in [0.5, 0.6) is 0 Å². The van der Waals surface area contributed by atoms with Gasteiger partial charge in [0.1, 0.15) is 0 Å². The Bertz CT molecular complexity index is 76.0. The molecule has 64 valence electrons. The molecule has 3 heteroatoms. The van der Waals surface area contributed by atoms with E-state index in [0.29, 0.717) is 0 Å². The Morgan fingerprint density at radius 3 is 2.30 bits per heavy atom. The van der Waals surface area contributed by atoms with Gasteiger partial charge in [0.15, 0.2) is 0 Å². The lowest BCUT2D eigenvalue weighted by Gasteiger charge is -2.21. The first-order valence-electron chi connectivity index (χ1n) is 3.40. The van der Waals surface area contributed by atoms with Gasteiger partial charge >= 0.3 is 0 Å². The highest BCUT2D eigenvalue weighted by atomic mass is 35.5. The van der Waals surface area contributed by atoms with Gasteiger partial charge in [-0.1, -0.05) is 6.92 Å². The van der Waals surface area contributed by atoms with Crippen LogP contribution < -0.4 is 5.73 Å². The van der Waals surface area contributed by atoms with Crippen LogP contribution in [-0.2, 0) is 4.74 Å². The monoisotopic (exact) mass is 167 g/mol. The van der Waals surface area contributed by atoms with Gasteiger partial charge in [0.05, 0.1) is 0 Å². The highest BCUT2D eigenvalue weighted by Crippen LogP contribution is 2.08. The molecule has 0 aromatic carbocycles. The summed E-state index contributed by atoms with van der Waals surface area (Å²) in [4.78, 5) is 0. The fourth-order valence-corrected chi connectivity index (χ4v) is 0.512. The number of hydrogen-bond acceptors (Lipinski definition) is 2. The molecule has 0 rings (SSSR count). The number of ether oxygens (including phenoxy) is 1. The highest BCUT2D eigenvalue weighted by Gasteiger charge is 2.13. The third kappa shape index (κ3) is 6.33. The summed E-state index contributed by atoms with van der Waals surface area (Å²) in [5.74, 6) is 0. The largest absolute Gasteiger partial charge is 0.385 e. The summed E-state index contributed by atoms with van der Waals surface area (Å²) < 4.78 is 4.90. The van der Waals surface area contributed by atoms with E-state index in [-0.39, 0.29) is 17.9 Å². The summed E-state index contributed by atoms with van der Waals surface area (Å²) in [7, 11) is 1.70. The van der Waals surface area contributed by atoms with E-state index >= 15 is 0 Å². The minimum absolute atomic E-state index is 0. The van der Waals surface area contributed by atoms with Crippen LogP contribution in [0.25, 0.3) is 0 Å². The van der Waals surface area contributed by atoms with Crippen molar-refractivity contribution in [3.63, 3.8) is 0 Å². The van der Waals surface area contributed by atoms with Crippen LogP contribution in [0, 0.1) is 0 Å². The van der Waals surface area contributed by atoms with Gasteiger partial charge < -0.3 is 10.5 Å². The van der Waals surface area contributed by atoms with Crippen molar-refractivity contribution in [1.82, 2.24) is 0 Å². The first kappa shape index (κ1) is 12.8. The Labute approximate surface area is 69.5 Å². The molecular weight excluding hydrogens is 150 g/mol. The van der Waals surface area contributed by atoms with E-state index in [1.165, 1.54) is 0 Å². The van der Waals surface area contributed by atoms with Crippen molar-refractivity contribution in [2.45, 2.75) is 32.2 Å². The molecule has 0 aromatic rings. The van der Waals surface area contributed by atoms with Crippen molar-refractivity contribution >= 4 is 12.4 Å². The summed E-state index contributed by atoms with van der Waals surface area (Å²) >= 11 is 0. The minimum Gasteiger partial charge on any atom is -0.385 e. The molecule has 2 nitrogen and oxygen atoms in total. The predicted molar refractivity (Wildman–Crippen MR) is 46.6 cm³/mol. The second-order valence-corrected chi connectivity index (χ2v) is 2.75. The SMILES string of the molecule is CCC(C)(N)CCOC.Cl. The van der Waals surface area contributed by atoms with Crippen LogP contribution in [0.1, 0.15) is 26.7 Å². The molecule has 0 aliphatic rings. The zero-order valence-electron chi connectivity index (χ0n) is 7.02. The van der Waals surface area contributed by atoms with Crippen molar-refractivity contribution in [1.29, 1.82) is 0 Å². The second-order valence-electron chi connectivity index (χ2n) is 2.75. The van der Waals surface area contributed by atoms with E-state index in [9.17, 15) is 0 Å². The molecule has 0 bridgehead atoms. The predicted octanol–water partition coefficient (Wildman–Crippen LogP) is 1.57. The normalized spacial score (nSPS) is 15.6.